The second-order valence-corrected chi connectivity index (χ2v) is 10.6. The molecule has 6 aliphatic heterocycles. The first kappa shape index (κ1) is 25.0. The summed E-state index contributed by atoms with van der Waals surface area (Å²) in [6.07, 6.45) is 12.6. The molecule has 1 saturated carbocycles. The van der Waals surface area contributed by atoms with E-state index in [1.165, 1.54) is 43.2 Å². The van der Waals surface area contributed by atoms with Crippen LogP contribution < -0.4 is 5.32 Å². The second-order valence-electron chi connectivity index (χ2n) is 10.6. The summed E-state index contributed by atoms with van der Waals surface area (Å²) in [4.78, 5) is 22.9. The van der Waals surface area contributed by atoms with Crippen LogP contribution in [0.5, 0.6) is 0 Å². The molecular formula is C29H44N4O. The molecule has 1 N–H and O–H groups in total. The number of amidine groups is 1. The molecule has 1 aromatic rings. The first-order valence-electron chi connectivity index (χ1n) is 13.7. The van der Waals surface area contributed by atoms with Crippen LogP contribution in [-0.4, -0.2) is 52.9 Å². The highest BCUT2D eigenvalue weighted by Crippen LogP contribution is 2.36. The van der Waals surface area contributed by atoms with Crippen molar-refractivity contribution in [3.63, 3.8) is 0 Å². The fourth-order valence-electron chi connectivity index (χ4n) is 5.75. The van der Waals surface area contributed by atoms with Crippen LogP contribution in [0.1, 0.15) is 95.6 Å². The van der Waals surface area contributed by atoms with Crippen LogP contribution in [0.2, 0.25) is 0 Å². The molecule has 1 spiro atoms. The van der Waals surface area contributed by atoms with E-state index in [4.69, 9.17) is 4.99 Å². The summed E-state index contributed by atoms with van der Waals surface area (Å²) in [6.45, 7) is 12.4. The van der Waals surface area contributed by atoms with E-state index in [0.29, 0.717) is 6.04 Å². The maximum atomic E-state index is 13.1. The zero-order chi connectivity index (χ0) is 24.0. The molecule has 2 saturated heterocycles. The Balaban J connectivity index is 0.000000636. The lowest BCUT2D eigenvalue weighted by Gasteiger charge is -2.44. The molecule has 0 radical (unpaired) electrons. The first-order chi connectivity index (χ1) is 16.6. The van der Waals surface area contributed by atoms with Crippen molar-refractivity contribution in [2.24, 2.45) is 4.99 Å². The minimum Gasteiger partial charge on any atom is -0.312 e. The van der Waals surface area contributed by atoms with Gasteiger partial charge in [-0.25, -0.2) is 4.79 Å². The maximum absolute atomic E-state index is 13.1. The van der Waals surface area contributed by atoms with Crippen LogP contribution in [0.4, 0.5) is 4.79 Å². The molecule has 6 heterocycles. The lowest BCUT2D eigenvalue weighted by molar-refractivity contribution is 0.0989. The van der Waals surface area contributed by atoms with Crippen molar-refractivity contribution in [3.8, 4) is 0 Å². The van der Waals surface area contributed by atoms with Crippen LogP contribution in [0, 0.1) is 0 Å². The van der Waals surface area contributed by atoms with E-state index in [1.54, 1.807) is 0 Å². The number of amides is 2. The van der Waals surface area contributed by atoms with E-state index in [1.807, 2.05) is 0 Å². The molecule has 7 aliphatic rings. The third kappa shape index (κ3) is 5.56. The Hall–Kier alpha value is -2.14. The topological polar surface area (TPSA) is 47.9 Å². The van der Waals surface area contributed by atoms with Gasteiger partial charge >= 0.3 is 6.03 Å². The quantitative estimate of drug-likeness (QED) is 0.551. The molecule has 1 aliphatic carbocycles. The Bertz CT molecular complexity index is 859. The smallest absolute Gasteiger partial charge is 0.312 e. The average molecular weight is 465 g/mol. The molecular weight excluding hydrogens is 420 g/mol. The third-order valence-corrected chi connectivity index (χ3v) is 8.13. The van der Waals surface area contributed by atoms with Gasteiger partial charge in [-0.3, -0.25) is 15.2 Å². The zero-order valence-electron chi connectivity index (χ0n) is 21.5. The molecule has 0 aromatic heterocycles. The maximum Gasteiger partial charge on any atom is 0.323 e. The van der Waals surface area contributed by atoms with Gasteiger partial charge in [-0.2, -0.15) is 0 Å². The van der Waals surface area contributed by atoms with E-state index in [9.17, 15) is 4.79 Å². The van der Waals surface area contributed by atoms with Gasteiger partial charge < -0.3 is 4.90 Å². The van der Waals surface area contributed by atoms with Crippen molar-refractivity contribution in [3.05, 3.63) is 42.0 Å². The van der Waals surface area contributed by atoms with Gasteiger partial charge in [0.2, 0.25) is 0 Å². The van der Waals surface area contributed by atoms with Crippen molar-refractivity contribution < 1.29 is 4.79 Å². The summed E-state index contributed by atoms with van der Waals surface area (Å²) in [7, 11) is 0. The number of carbonyl (C=O) groups is 1. The number of hydrogen-bond acceptors (Lipinski definition) is 3. The minimum absolute atomic E-state index is 0.0547. The lowest BCUT2D eigenvalue weighted by atomic mass is 9.84. The van der Waals surface area contributed by atoms with Crippen molar-refractivity contribution in [1.29, 1.82) is 0 Å². The number of benzene rings is 1. The number of carbonyl (C=O) groups excluding carboxylic acids is 1. The number of hydrogen-bond donors (Lipinski definition) is 1. The summed E-state index contributed by atoms with van der Waals surface area (Å²) in [5.41, 5.74) is 3.50. The summed E-state index contributed by atoms with van der Waals surface area (Å²) >= 11 is 0. The molecule has 8 rings (SSSR count). The largest absolute Gasteiger partial charge is 0.323 e. The van der Waals surface area contributed by atoms with E-state index >= 15 is 0 Å². The van der Waals surface area contributed by atoms with Crippen LogP contribution >= 0.6 is 0 Å². The van der Waals surface area contributed by atoms with Crippen molar-refractivity contribution in [2.75, 3.05) is 19.6 Å². The fourth-order valence-corrected chi connectivity index (χ4v) is 5.75. The molecule has 5 heteroatoms. The molecule has 0 unspecified atom stereocenters. The van der Waals surface area contributed by atoms with E-state index in [2.05, 4.69) is 59.8 Å². The predicted octanol–water partition coefficient (Wildman–Crippen LogP) is 6.39. The van der Waals surface area contributed by atoms with E-state index in [-0.39, 0.29) is 11.6 Å². The van der Waals surface area contributed by atoms with Crippen LogP contribution in [0.15, 0.2) is 35.8 Å². The van der Waals surface area contributed by atoms with Crippen LogP contribution in [0.3, 0.4) is 0 Å². The number of unbranched alkanes of at least 4 members (excludes halogenated alkanes) is 1. The highest BCUT2D eigenvalue weighted by molar-refractivity contribution is 6.10. The van der Waals surface area contributed by atoms with Gasteiger partial charge in [0, 0.05) is 26.2 Å². The first-order valence-corrected chi connectivity index (χ1v) is 13.7. The molecule has 3 fully saturated rings. The van der Waals surface area contributed by atoms with Gasteiger partial charge in [-0.05, 0) is 55.2 Å². The van der Waals surface area contributed by atoms with Gasteiger partial charge in [0.25, 0.3) is 0 Å². The standard InChI is InChI=1S/C25H34N4O.C4H10/c1-19-6-5-15-29-24(30)27-23(26-22-7-3-2-4-8-22)25(29)13-16-28(17-14-25)18-20-9-11-21(19)12-10-20;1-3-4-2/h9-12,22H,1-8,13-18H2,(H,26,27,30);3-4H2,1-2H3. The highest BCUT2D eigenvalue weighted by Gasteiger charge is 2.52. The number of rotatable bonds is 2. The van der Waals surface area contributed by atoms with Crippen molar-refractivity contribution >= 4 is 17.4 Å². The summed E-state index contributed by atoms with van der Waals surface area (Å²) in [5.74, 6) is 0.966. The van der Waals surface area contributed by atoms with E-state index < -0.39 is 0 Å². The van der Waals surface area contributed by atoms with Gasteiger partial charge in [0.15, 0.2) is 0 Å². The summed E-state index contributed by atoms with van der Waals surface area (Å²) in [6, 6.07) is 9.34. The van der Waals surface area contributed by atoms with Crippen molar-refractivity contribution in [2.45, 2.75) is 103 Å². The van der Waals surface area contributed by atoms with Crippen molar-refractivity contribution in [1.82, 2.24) is 15.1 Å². The molecule has 5 nitrogen and oxygen atoms in total. The summed E-state index contributed by atoms with van der Waals surface area (Å²) < 4.78 is 0. The van der Waals surface area contributed by atoms with Gasteiger partial charge in [-0.15, -0.1) is 0 Å². The Morgan fingerprint density at radius 3 is 2.32 bits per heavy atom. The predicted molar refractivity (Wildman–Crippen MR) is 142 cm³/mol. The number of aliphatic imine (C=N–C) groups is 1. The normalized spacial score (nSPS) is 28.8. The number of urea groups is 1. The Kier molecular flexibility index (Phi) is 8.46. The molecule has 1 aromatic carbocycles. The minimum atomic E-state index is -0.237. The Morgan fingerprint density at radius 2 is 1.68 bits per heavy atom. The summed E-state index contributed by atoms with van der Waals surface area (Å²) in [5, 5.41) is 3.21. The SMILES string of the molecule is C=C1CCCN2C(=O)NC(=NC3CCCCC3)C23CCN(CC3)Cc2ccc1cc2.CCCC. The molecule has 0 atom stereocenters. The zero-order valence-corrected chi connectivity index (χ0v) is 21.5. The number of nitrogens with zero attached hydrogens (tertiary/aromatic N) is 3. The lowest BCUT2D eigenvalue weighted by Crippen LogP contribution is -2.56. The van der Waals surface area contributed by atoms with Gasteiger partial charge in [0.05, 0.1) is 6.04 Å². The van der Waals surface area contributed by atoms with Gasteiger partial charge in [0.1, 0.15) is 11.4 Å². The average Bonchev–Trinajstić information content (AvgIpc) is 3.11. The second kappa shape index (κ2) is 11.5. The van der Waals surface area contributed by atoms with E-state index in [0.717, 1.165) is 76.1 Å². The number of nitrogens with one attached hydrogen (secondary N) is 1. The van der Waals surface area contributed by atoms with Gasteiger partial charge in [-0.1, -0.05) is 76.8 Å². The molecule has 34 heavy (non-hydrogen) atoms. The van der Waals surface area contributed by atoms with Crippen LogP contribution in [-0.2, 0) is 6.54 Å². The number of piperidine rings is 1. The number of allylic oxidation sites excluding steroid dienone is 1. The molecule has 186 valence electrons. The monoisotopic (exact) mass is 464 g/mol. The Labute approximate surface area is 206 Å². The molecule has 4 bridgehead atoms. The fraction of sp³-hybridized carbons (Fsp3) is 0.655. The highest BCUT2D eigenvalue weighted by atomic mass is 16.2. The Morgan fingerprint density at radius 1 is 1.00 bits per heavy atom. The molecule has 2 amide bonds. The van der Waals surface area contributed by atoms with Crippen LogP contribution in [0.25, 0.3) is 5.57 Å². The third-order valence-electron chi connectivity index (χ3n) is 8.13.